The van der Waals surface area contributed by atoms with Gasteiger partial charge in [0.25, 0.3) is 3.57 Å². The average molecular weight is 530 g/mol. The van der Waals surface area contributed by atoms with Gasteiger partial charge in [-0.1, -0.05) is 72.3 Å². The van der Waals surface area contributed by atoms with E-state index in [0.717, 1.165) is 14.7 Å². The first kappa shape index (κ1) is 20.6. The third kappa shape index (κ3) is 4.91. The summed E-state index contributed by atoms with van der Waals surface area (Å²) in [6.45, 7) is 0.678. The van der Waals surface area contributed by atoms with Crippen LogP contribution < -0.4 is 32.5 Å². The molecule has 0 bridgehead atoms. The zero-order valence-corrected chi connectivity index (χ0v) is 19.0. The number of benzene rings is 3. The fraction of sp³-hybridized carbons (Fsp3) is 0.0833. The highest BCUT2D eigenvalue weighted by molar-refractivity contribution is 6.30. The Hall–Kier alpha value is -2.64. The predicted molar refractivity (Wildman–Crippen MR) is 115 cm³/mol. The first-order valence-electron chi connectivity index (χ1n) is 9.43. The fourth-order valence-corrected chi connectivity index (χ4v) is 5.61. The van der Waals surface area contributed by atoms with Crippen molar-refractivity contribution in [3.63, 3.8) is 0 Å². The van der Waals surface area contributed by atoms with Crippen LogP contribution in [0.15, 0.2) is 101 Å². The Morgan fingerprint density at radius 1 is 0.733 bits per heavy atom. The Bertz CT molecular complexity index is 1250. The summed E-state index contributed by atoms with van der Waals surface area (Å²) in [6, 6.07) is 26.9. The lowest BCUT2D eigenvalue weighted by atomic mass is 10.2. The largest absolute Gasteiger partial charge is 0.365 e. The molecule has 150 valence electrons. The highest BCUT2D eigenvalue weighted by atomic mass is 127. The maximum atomic E-state index is 13.2. The molecule has 3 aromatic carbocycles. The summed E-state index contributed by atoms with van der Waals surface area (Å²) in [4.78, 5) is 26.4. The number of hydrogen-bond donors (Lipinski definition) is 0. The predicted octanol–water partition coefficient (Wildman–Crippen LogP) is 0.888. The highest BCUT2D eigenvalue weighted by Crippen LogP contribution is 2.04. The van der Waals surface area contributed by atoms with Crippen LogP contribution in [-0.4, -0.2) is 9.13 Å². The zero-order valence-electron chi connectivity index (χ0n) is 16.0. The van der Waals surface area contributed by atoms with Crippen molar-refractivity contribution in [2.75, 3.05) is 0 Å². The van der Waals surface area contributed by atoms with Gasteiger partial charge >= 0.3 is 32.5 Å². The van der Waals surface area contributed by atoms with Gasteiger partial charge in [-0.05, 0) is 35.4 Å². The number of aromatic nitrogens is 2. The van der Waals surface area contributed by atoms with E-state index in [1.807, 2.05) is 84.9 Å². The van der Waals surface area contributed by atoms with E-state index >= 15 is 0 Å². The zero-order chi connectivity index (χ0) is 20.9. The van der Waals surface area contributed by atoms with Crippen LogP contribution in [-0.2, 0) is 13.1 Å². The lowest BCUT2D eigenvalue weighted by Gasteiger charge is -2.10. The molecule has 1 aromatic heterocycles. The second kappa shape index (κ2) is 9.45. The smallest absolute Gasteiger partial charge is 0.291 e. The van der Waals surface area contributed by atoms with Gasteiger partial charge in [-0.3, -0.25) is 13.9 Å². The topological polar surface area (TPSA) is 44.0 Å². The van der Waals surface area contributed by atoms with Gasteiger partial charge < -0.3 is 0 Å². The van der Waals surface area contributed by atoms with Crippen LogP contribution in [0.5, 0.6) is 0 Å². The molecule has 0 spiro atoms. The molecule has 1 heterocycles. The standard InChI is InChI=1S/C24H19ClIN2O2/c25-20-11-13-21(14-12-20)26-22-17-27(15-18-7-3-1-4-8-18)24(30)28(23(22)29)16-19-9-5-2-6-10-19/h1-14,17H,15-16H2/q+1. The first-order chi connectivity index (χ1) is 14.6. The normalized spacial score (nSPS) is 10.8. The van der Waals surface area contributed by atoms with Crippen LogP contribution in [0.1, 0.15) is 11.1 Å². The Morgan fingerprint density at radius 2 is 1.30 bits per heavy atom. The molecular weight excluding hydrogens is 511 g/mol. The van der Waals surface area contributed by atoms with Crippen LogP contribution in [0, 0.1) is 7.14 Å². The number of rotatable bonds is 6. The molecule has 4 aromatic rings. The van der Waals surface area contributed by atoms with Gasteiger partial charge in [-0.25, -0.2) is 4.79 Å². The molecule has 0 radical (unpaired) electrons. The second-order valence-electron chi connectivity index (χ2n) is 6.78. The molecule has 6 heteroatoms. The van der Waals surface area contributed by atoms with E-state index in [0.29, 0.717) is 15.1 Å². The molecule has 0 aliphatic carbocycles. The lowest BCUT2D eigenvalue weighted by Crippen LogP contribution is -3.62. The summed E-state index contributed by atoms with van der Waals surface area (Å²) < 4.78 is 4.75. The van der Waals surface area contributed by atoms with E-state index in [1.165, 1.54) is 4.57 Å². The summed E-state index contributed by atoms with van der Waals surface area (Å²) in [5, 5.41) is 0.665. The maximum absolute atomic E-state index is 13.2. The molecule has 0 atom stereocenters. The van der Waals surface area contributed by atoms with Crippen molar-refractivity contribution in [1.29, 1.82) is 0 Å². The Labute approximate surface area is 189 Å². The summed E-state index contributed by atoms with van der Waals surface area (Å²) >= 11 is 5.24. The molecule has 4 nitrogen and oxygen atoms in total. The minimum atomic E-state index is -0.756. The van der Waals surface area contributed by atoms with Gasteiger partial charge in [0.2, 0.25) is 0 Å². The summed E-state index contributed by atoms with van der Waals surface area (Å²) in [5.74, 6) is 0. The third-order valence-electron chi connectivity index (χ3n) is 4.59. The molecule has 0 N–H and O–H groups in total. The minimum Gasteiger partial charge on any atom is -0.291 e. The molecule has 0 aliphatic rings. The van der Waals surface area contributed by atoms with Gasteiger partial charge in [-0.2, -0.15) is 0 Å². The molecule has 0 amide bonds. The average Bonchev–Trinajstić information content (AvgIpc) is 2.77. The van der Waals surface area contributed by atoms with Crippen LogP contribution in [0.4, 0.5) is 0 Å². The third-order valence-corrected chi connectivity index (χ3v) is 7.50. The molecule has 0 saturated heterocycles. The van der Waals surface area contributed by atoms with Crippen molar-refractivity contribution in [3.8, 4) is 0 Å². The van der Waals surface area contributed by atoms with Crippen molar-refractivity contribution >= 4 is 11.6 Å². The van der Waals surface area contributed by atoms with Crippen molar-refractivity contribution < 1.29 is 21.2 Å². The van der Waals surface area contributed by atoms with E-state index in [2.05, 4.69) is 0 Å². The number of halogens is 2. The Morgan fingerprint density at radius 3 is 1.90 bits per heavy atom. The molecule has 30 heavy (non-hydrogen) atoms. The van der Waals surface area contributed by atoms with Crippen molar-refractivity contribution in [3.05, 3.63) is 135 Å². The molecule has 4 rings (SSSR count). The van der Waals surface area contributed by atoms with Crippen LogP contribution >= 0.6 is 11.6 Å². The van der Waals surface area contributed by atoms with Crippen molar-refractivity contribution in [2.24, 2.45) is 0 Å². The van der Waals surface area contributed by atoms with Gasteiger partial charge in [0.05, 0.1) is 19.3 Å². The van der Waals surface area contributed by atoms with E-state index in [9.17, 15) is 9.59 Å². The molecule has 0 saturated carbocycles. The number of hydrogen-bond acceptors (Lipinski definition) is 2. The van der Waals surface area contributed by atoms with E-state index in [-0.39, 0.29) is 17.8 Å². The maximum Gasteiger partial charge on any atom is 0.365 e. The quantitative estimate of drug-likeness (QED) is 0.348. The first-order valence-corrected chi connectivity index (χ1v) is 12.0. The van der Waals surface area contributed by atoms with Crippen molar-refractivity contribution in [1.82, 2.24) is 9.13 Å². The van der Waals surface area contributed by atoms with Crippen LogP contribution in [0.3, 0.4) is 0 Å². The molecule has 0 aliphatic heterocycles. The minimum absolute atomic E-state index is 0.212. The van der Waals surface area contributed by atoms with Crippen LogP contribution in [0.2, 0.25) is 5.02 Å². The number of nitrogens with zero attached hydrogens (tertiary/aromatic N) is 2. The van der Waals surface area contributed by atoms with E-state index < -0.39 is 21.2 Å². The summed E-state index contributed by atoms with van der Waals surface area (Å²) in [6.07, 6.45) is 1.74. The van der Waals surface area contributed by atoms with E-state index in [1.54, 1.807) is 10.8 Å². The Kier molecular flexibility index (Phi) is 6.50. The van der Waals surface area contributed by atoms with Gasteiger partial charge in [0.15, 0.2) is 3.57 Å². The van der Waals surface area contributed by atoms with Gasteiger partial charge in [0, 0.05) is 5.02 Å². The van der Waals surface area contributed by atoms with Gasteiger partial charge in [0.1, 0.15) is 0 Å². The highest BCUT2D eigenvalue weighted by Gasteiger charge is 2.24. The van der Waals surface area contributed by atoms with Crippen molar-refractivity contribution in [2.45, 2.75) is 13.1 Å². The molecular formula is C24H19ClIN2O2+. The van der Waals surface area contributed by atoms with E-state index in [4.69, 9.17) is 11.6 Å². The monoisotopic (exact) mass is 529 g/mol. The van der Waals surface area contributed by atoms with Crippen LogP contribution in [0.25, 0.3) is 0 Å². The Balaban J connectivity index is 1.78. The fourth-order valence-electron chi connectivity index (χ4n) is 3.09. The summed E-state index contributed by atoms with van der Waals surface area (Å²) in [5.41, 5.74) is 1.43. The SMILES string of the molecule is O=c1c([I+]c2ccc(Cl)cc2)cn(Cc2ccccc2)c(=O)n1Cc1ccccc1. The van der Waals surface area contributed by atoms with Gasteiger partial charge in [-0.15, -0.1) is 0 Å². The lowest BCUT2D eigenvalue weighted by molar-refractivity contribution is -0.600. The molecule has 0 fully saturated rings. The molecule has 0 unspecified atom stereocenters. The summed E-state index contributed by atoms with van der Waals surface area (Å²) in [7, 11) is 0. The second-order valence-corrected chi connectivity index (χ2v) is 10.2.